The minimum Gasteiger partial charge on any atom is -0.369 e. The van der Waals surface area contributed by atoms with Crippen molar-refractivity contribution in [2.45, 2.75) is 31.7 Å². The van der Waals surface area contributed by atoms with Crippen molar-refractivity contribution in [1.82, 2.24) is 5.32 Å². The minimum absolute atomic E-state index is 0.0784. The van der Waals surface area contributed by atoms with Crippen LogP contribution in [0.15, 0.2) is 18.2 Å². The fourth-order valence-corrected chi connectivity index (χ4v) is 3.53. The summed E-state index contributed by atoms with van der Waals surface area (Å²) in [6.07, 6.45) is 1.44. The first-order valence-corrected chi connectivity index (χ1v) is 10.2. The molecule has 2 rings (SSSR count). The van der Waals surface area contributed by atoms with Crippen LogP contribution in [-0.2, 0) is 29.9 Å². The number of benzene rings is 1. The third-order valence-electron chi connectivity index (χ3n) is 4.07. The number of hydrogen-bond donors (Lipinski definition) is 2. The molecule has 7 nitrogen and oxygen atoms in total. The molecule has 0 saturated carbocycles. The Balaban J connectivity index is 2.03. The minimum atomic E-state index is -3.16. The molecule has 1 saturated heterocycles. The van der Waals surface area contributed by atoms with Gasteiger partial charge >= 0.3 is 0 Å². The van der Waals surface area contributed by atoms with E-state index >= 15 is 0 Å². The molecule has 3 N–H and O–H groups in total. The molecular formula is C18H22N2O5S. The first kappa shape index (κ1) is 19.9. The third-order valence-corrected chi connectivity index (χ3v) is 4.90. The molecule has 0 bridgehead atoms. The molecule has 2 atom stereocenters. The molecule has 2 unspecified atom stereocenters. The van der Waals surface area contributed by atoms with Gasteiger partial charge in [0.2, 0.25) is 5.91 Å². The average Bonchev–Trinajstić information content (AvgIpc) is 2.54. The Morgan fingerprint density at radius 1 is 1.38 bits per heavy atom. The van der Waals surface area contributed by atoms with Crippen LogP contribution >= 0.6 is 0 Å². The van der Waals surface area contributed by atoms with Crippen molar-refractivity contribution in [3.05, 3.63) is 34.9 Å². The van der Waals surface area contributed by atoms with Crippen LogP contribution in [0.2, 0.25) is 0 Å². The van der Waals surface area contributed by atoms with E-state index in [1.54, 1.807) is 18.2 Å². The molecule has 1 fully saturated rings. The normalized spacial score (nSPS) is 19.9. The van der Waals surface area contributed by atoms with Crippen LogP contribution < -0.4 is 11.1 Å². The molecule has 1 aliphatic rings. The summed E-state index contributed by atoms with van der Waals surface area (Å²) in [6, 6.07) is 5.16. The smallest absolute Gasteiger partial charge is 0.298 e. The van der Waals surface area contributed by atoms with Crippen molar-refractivity contribution in [2.24, 2.45) is 11.7 Å². The van der Waals surface area contributed by atoms with Crippen molar-refractivity contribution in [2.75, 3.05) is 12.9 Å². The topological polar surface area (TPSA) is 116 Å². The van der Waals surface area contributed by atoms with E-state index in [4.69, 9.17) is 10.5 Å². The Hall–Kier alpha value is -2.37. The van der Waals surface area contributed by atoms with E-state index in [-0.39, 0.29) is 11.7 Å². The van der Waals surface area contributed by atoms with Gasteiger partial charge in [0.05, 0.1) is 5.75 Å². The average molecular weight is 378 g/mol. The summed E-state index contributed by atoms with van der Waals surface area (Å²) >= 11 is 0. The molecule has 0 aromatic heterocycles. The van der Waals surface area contributed by atoms with Gasteiger partial charge in [0.1, 0.15) is 6.23 Å². The fourth-order valence-electron chi connectivity index (χ4n) is 2.65. The van der Waals surface area contributed by atoms with E-state index in [9.17, 15) is 18.0 Å². The Morgan fingerprint density at radius 2 is 2.12 bits per heavy atom. The molecule has 2 amide bonds. The highest BCUT2D eigenvalue weighted by molar-refractivity contribution is 7.89. The zero-order valence-electron chi connectivity index (χ0n) is 14.7. The SMILES string of the molecule is Cc1ccc(C#CC(=O)NC2CC(C(N)=O)CCO2)cc1CS(C)(=O)=O. The summed E-state index contributed by atoms with van der Waals surface area (Å²) in [5, 5.41) is 2.60. The van der Waals surface area contributed by atoms with Crippen molar-refractivity contribution < 1.29 is 22.7 Å². The number of ether oxygens (including phenoxy) is 1. The maximum absolute atomic E-state index is 12.0. The lowest BCUT2D eigenvalue weighted by Gasteiger charge is -2.27. The second kappa shape index (κ2) is 8.34. The van der Waals surface area contributed by atoms with Crippen molar-refractivity contribution in [3.8, 4) is 11.8 Å². The van der Waals surface area contributed by atoms with E-state index in [2.05, 4.69) is 17.2 Å². The molecular weight excluding hydrogens is 356 g/mol. The van der Waals surface area contributed by atoms with Gasteiger partial charge in [0.25, 0.3) is 5.91 Å². The van der Waals surface area contributed by atoms with Gasteiger partial charge in [-0.05, 0) is 36.6 Å². The molecule has 1 aromatic rings. The lowest BCUT2D eigenvalue weighted by molar-refractivity contribution is -0.131. The van der Waals surface area contributed by atoms with Crippen molar-refractivity contribution >= 4 is 21.7 Å². The number of aryl methyl sites for hydroxylation is 1. The van der Waals surface area contributed by atoms with Crippen LogP contribution in [-0.4, -0.2) is 39.3 Å². The molecule has 0 aliphatic carbocycles. The van der Waals surface area contributed by atoms with Crippen LogP contribution in [0.1, 0.15) is 29.5 Å². The van der Waals surface area contributed by atoms with E-state index in [1.165, 1.54) is 6.26 Å². The second-order valence-electron chi connectivity index (χ2n) is 6.42. The van der Waals surface area contributed by atoms with Gasteiger partial charge < -0.3 is 15.8 Å². The van der Waals surface area contributed by atoms with Gasteiger partial charge in [-0.15, -0.1) is 0 Å². The highest BCUT2D eigenvalue weighted by Gasteiger charge is 2.26. The number of sulfone groups is 1. The predicted molar refractivity (Wildman–Crippen MR) is 96.4 cm³/mol. The predicted octanol–water partition coefficient (Wildman–Crippen LogP) is 0.245. The maximum atomic E-state index is 12.0. The Bertz CT molecular complexity index is 867. The lowest BCUT2D eigenvalue weighted by Crippen LogP contribution is -2.43. The zero-order valence-corrected chi connectivity index (χ0v) is 15.6. The maximum Gasteiger partial charge on any atom is 0.298 e. The highest BCUT2D eigenvalue weighted by Crippen LogP contribution is 2.18. The number of amides is 2. The molecule has 8 heteroatoms. The zero-order chi connectivity index (χ0) is 19.3. The van der Waals surface area contributed by atoms with E-state index < -0.39 is 27.9 Å². The number of primary amides is 1. The number of nitrogens with two attached hydrogens (primary N) is 1. The van der Waals surface area contributed by atoms with Gasteiger partial charge in [-0.1, -0.05) is 12.0 Å². The van der Waals surface area contributed by atoms with Crippen LogP contribution in [0, 0.1) is 24.7 Å². The van der Waals surface area contributed by atoms with Gasteiger partial charge in [-0.25, -0.2) is 8.42 Å². The fraction of sp³-hybridized carbons (Fsp3) is 0.444. The van der Waals surface area contributed by atoms with Crippen LogP contribution in [0.25, 0.3) is 0 Å². The van der Waals surface area contributed by atoms with E-state index in [0.717, 1.165) is 5.56 Å². The van der Waals surface area contributed by atoms with Gasteiger partial charge in [0.15, 0.2) is 9.84 Å². The summed E-state index contributed by atoms with van der Waals surface area (Å²) in [5.74, 6) is 3.83. The quantitative estimate of drug-likeness (QED) is 0.729. The van der Waals surface area contributed by atoms with Gasteiger partial charge in [0, 0.05) is 36.7 Å². The van der Waals surface area contributed by atoms with Crippen LogP contribution in [0.5, 0.6) is 0 Å². The number of carbonyl (C=O) groups excluding carboxylic acids is 2. The number of rotatable bonds is 4. The molecule has 0 spiro atoms. The molecule has 26 heavy (non-hydrogen) atoms. The molecule has 1 aliphatic heterocycles. The standard InChI is InChI=1S/C18H22N2O5S/c1-12-3-4-13(9-15(12)11-26(2,23)24)5-6-16(21)20-17-10-14(18(19)22)7-8-25-17/h3-4,9,14,17H,7-8,10-11H2,1-2H3,(H2,19,22)(H,20,21). The lowest BCUT2D eigenvalue weighted by atomic mass is 9.98. The number of nitrogens with one attached hydrogen (secondary N) is 1. The van der Waals surface area contributed by atoms with Gasteiger partial charge in [-0.2, -0.15) is 0 Å². The van der Waals surface area contributed by atoms with Gasteiger partial charge in [-0.3, -0.25) is 9.59 Å². The largest absolute Gasteiger partial charge is 0.369 e. The summed E-state index contributed by atoms with van der Waals surface area (Å²) in [7, 11) is -3.16. The first-order valence-electron chi connectivity index (χ1n) is 8.15. The highest BCUT2D eigenvalue weighted by atomic mass is 32.2. The second-order valence-corrected chi connectivity index (χ2v) is 8.56. The third kappa shape index (κ3) is 6.17. The number of carbonyl (C=O) groups is 2. The summed E-state index contributed by atoms with van der Waals surface area (Å²) in [5.41, 5.74) is 7.33. The Labute approximate surface area is 153 Å². The molecule has 1 heterocycles. The first-order chi connectivity index (χ1) is 12.1. The van der Waals surface area contributed by atoms with Crippen LogP contribution in [0.4, 0.5) is 0 Å². The summed E-state index contributed by atoms with van der Waals surface area (Å²) in [4.78, 5) is 23.2. The Kier molecular flexibility index (Phi) is 6.40. The monoisotopic (exact) mass is 378 g/mol. The molecule has 1 aromatic carbocycles. The van der Waals surface area contributed by atoms with Crippen molar-refractivity contribution in [3.63, 3.8) is 0 Å². The number of hydrogen-bond acceptors (Lipinski definition) is 5. The summed E-state index contributed by atoms with van der Waals surface area (Å²) in [6.45, 7) is 2.17. The van der Waals surface area contributed by atoms with Crippen LogP contribution in [0.3, 0.4) is 0 Å². The molecule has 0 radical (unpaired) electrons. The van der Waals surface area contributed by atoms with E-state index in [1.807, 2.05) is 6.92 Å². The summed E-state index contributed by atoms with van der Waals surface area (Å²) < 4.78 is 28.4. The van der Waals surface area contributed by atoms with Crippen molar-refractivity contribution in [1.29, 1.82) is 0 Å². The van der Waals surface area contributed by atoms with E-state index in [0.29, 0.717) is 30.6 Å². The molecule has 140 valence electrons. The Morgan fingerprint density at radius 3 is 2.77 bits per heavy atom.